The maximum Gasteiger partial charge on any atom is 0.267 e. The Hall–Kier alpha value is -2.90. The summed E-state index contributed by atoms with van der Waals surface area (Å²) in [7, 11) is 1.69. The van der Waals surface area contributed by atoms with Crippen LogP contribution in [0.1, 0.15) is 17.5 Å². The van der Waals surface area contributed by atoms with Crippen LogP contribution >= 0.6 is 11.3 Å². The summed E-state index contributed by atoms with van der Waals surface area (Å²) in [6.45, 7) is 5.27. The average Bonchev–Trinajstić information content (AvgIpc) is 3.24. The summed E-state index contributed by atoms with van der Waals surface area (Å²) in [5.74, 6) is 1.42. The van der Waals surface area contributed by atoms with Crippen molar-refractivity contribution in [2.45, 2.75) is 26.4 Å². The van der Waals surface area contributed by atoms with E-state index in [9.17, 15) is 4.79 Å². The molecule has 0 fully saturated rings. The van der Waals surface area contributed by atoms with E-state index >= 15 is 0 Å². The molecule has 31 heavy (non-hydrogen) atoms. The largest absolute Gasteiger partial charge is 0.492 e. The highest BCUT2D eigenvalue weighted by Gasteiger charge is 2.31. The topological polar surface area (TPSA) is 60.9 Å². The van der Waals surface area contributed by atoms with E-state index in [0.717, 1.165) is 39.7 Å². The minimum Gasteiger partial charge on any atom is -0.492 e. The summed E-state index contributed by atoms with van der Waals surface area (Å²) in [4.78, 5) is 19.3. The van der Waals surface area contributed by atoms with Crippen LogP contribution in [0.4, 0.5) is 5.69 Å². The van der Waals surface area contributed by atoms with Gasteiger partial charge in [0.2, 0.25) is 0 Å². The molecular formula is C24H26N2O4S. The van der Waals surface area contributed by atoms with Crippen molar-refractivity contribution < 1.29 is 19.0 Å². The van der Waals surface area contributed by atoms with Crippen LogP contribution in [0.3, 0.4) is 0 Å². The molecule has 7 heteroatoms. The second-order valence-electron chi connectivity index (χ2n) is 7.47. The summed E-state index contributed by atoms with van der Waals surface area (Å²) < 4.78 is 16.9. The average molecular weight is 439 g/mol. The molecule has 0 radical (unpaired) electrons. The van der Waals surface area contributed by atoms with Gasteiger partial charge in [-0.1, -0.05) is 12.1 Å². The first kappa shape index (κ1) is 21.3. The lowest BCUT2D eigenvalue weighted by molar-refractivity contribution is -0.125. The van der Waals surface area contributed by atoms with Gasteiger partial charge in [-0.3, -0.25) is 4.79 Å². The zero-order valence-corrected chi connectivity index (χ0v) is 18.8. The number of hydrogen-bond donors (Lipinski definition) is 0. The van der Waals surface area contributed by atoms with E-state index in [-0.39, 0.29) is 5.91 Å². The second kappa shape index (κ2) is 9.49. The Morgan fingerprint density at radius 1 is 1.19 bits per heavy atom. The third kappa shape index (κ3) is 4.89. The number of ether oxygens (including phenoxy) is 3. The van der Waals surface area contributed by atoms with Gasteiger partial charge in [0.15, 0.2) is 6.10 Å². The van der Waals surface area contributed by atoms with E-state index in [0.29, 0.717) is 25.5 Å². The number of carbonyl (C=O) groups is 1. The Bertz CT molecular complexity index is 1070. The fourth-order valence-corrected chi connectivity index (χ4v) is 4.29. The molecule has 1 amide bonds. The Morgan fingerprint density at radius 3 is 2.87 bits per heavy atom. The molecule has 4 rings (SSSR count). The van der Waals surface area contributed by atoms with Gasteiger partial charge in [0.25, 0.3) is 5.91 Å². The first-order valence-corrected chi connectivity index (χ1v) is 11.2. The third-order valence-electron chi connectivity index (χ3n) is 5.11. The summed E-state index contributed by atoms with van der Waals surface area (Å²) in [6, 6.07) is 13.8. The van der Waals surface area contributed by atoms with Crippen LogP contribution in [0.25, 0.3) is 11.3 Å². The van der Waals surface area contributed by atoms with E-state index in [4.69, 9.17) is 19.2 Å². The molecule has 162 valence electrons. The van der Waals surface area contributed by atoms with E-state index < -0.39 is 6.10 Å². The van der Waals surface area contributed by atoms with Gasteiger partial charge in [0.1, 0.15) is 18.1 Å². The van der Waals surface area contributed by atoms with Crippen molar-refractivity contribution in [1.29, 1.82) is 0 Å². The number of carbonyl (C=O) groups excluding carboxylic acids is 1. The number of aromatic nitrogens is 1. The van der Waals surface area contributed by atoms with Crippen LogP contribution in [-0.2, 0) is 16.0 Å². The van der Waals surface area contributed by atoms with Crippen molar-refractivity contribution in [3.05, 3.63) is 58.4 Å². The maximum absolute atomic E-state index is 12.9. The molecule has 0 saturated carbocycles. The van der Waals surface area contributed by atoms with Crippen molar-refractivity contribution >= 4 is 22.9 Å². The van der Waals surface area contributed by atoms with Gasteiger partial charge in [0.05, 0.1) is 29.5 Å². The molecule has 0 aliphatic carbocycles. The van der Waals surface area contributed by atoms with Gasteiger partial charge in [-0.2, -0.15) is 0 Å². The lowest BCUT2D eigenvalue weighted by atomic mass is 10.1. The number of rotatable bonds is 8. The molecule has 2 aromatic carbocycles. The first-order chi connectivity index (χ1) is 15.0. The highest BCUT2D eigenvalue weighted by atomic mass is 32.1. The number of thiazole rings is 1. The molecule has 0 spiro atoms. The van der Waals surface area contributed by atoms with Crippen molar-refractivity contribution in [2.24, 2.45) is 0 Å². The van der Waals surface area contributed by atoms with E-state index in [1.165, 1.54) is 0 Å². The number of nitrogens with zero attached hydrogens (tertiary/aromatic N) is 2. The molecule has 2 heterocycles. The molecule has 1 unspecified atom stereocenters. The van der Waals surface area contributed by atoms with Crippen molar-refractivity contribution in [1.82, 2.24) is 4.98 Å². The van der Waals surface area contributed by atoms with E-state index in [1.54, 1.807) is 30.3 Å². The maximum atomic E-state index is 12.9. The Balaban J connectivity index is 1.54. The number of benzene rings is 2. The normalized spacial score (nSPS) is 15.5. The standard InChI is InChI=1S/C24H26N2O4S/c1-16-5-4-6-19(13-16)29-12-10-26-21-14-18(7-8-22(21)30-17(2)24(26)27)20-15-31-23(25-20)9-11-28-3/h4-8,13-15,17H,9-12H2,1-3H3. The van der Waals surface area contributed by atoms with Gasteiger partial charge in [0, 0.05) is 24.5 Å². The minimum atomic E-state index is -0.530. The van der Waals surface area contributed by atoms with Crippen molar-refractivity contribution in [3.63, 3.8) is 0 Å². The smallest absolute Gasteiger partial charge is 0.267 e. The van der Waals surface area contributed by atoms with E-state index in [1.807, 2.05) is 54.8 Å². The monoisotopic (exact) mass is 438 g/mol. The van der Waals surface area contributed by atoms with Crippen LogP contribution in [0.15, 0.2) is 47.8 Å². The van der Waals surface area contributed by atoms with Gasteiger partial charge in [-0.25, -0.2) is 4.98 Å². The molecule has 1 aliphatic heterocycles. The Kier molecular flexibility index (Phi) is 6.53. The summed E-state index contributed by atoms with van der Waals surface area (Å²) in [5.41, 5.74) is 3.73. The molecule has 0 saturated heterocycles. The second-order valence-corrected chi connectivity index (χ2v) is 8.41. The molecule has 3 aromatic rings. The number of fused-ring (bicyclic) bond motifs is 1. The highest BCUT2D eigenvalue weighted by Crippen LogP contribution is 2.37. The molecule has 6 nitrogen and oxygen atoms in total. The number of anilines is 1. The molecule has 1 aliphatic rings. The fourth-order valence-electron chi connectivity index (χ4n) is 3.50. The van der Waals surface area contributed by atoms with Crippen LogP contribution in [-0.4, -0.2) is 43.9 Å². The Morgan fingerprint density at radius 2 is 2.06 bits per heavy atom. The molecular weight excluding hydrogens is 412 g/mol. The Labute approximate surface area is 186 Å². The van der Waals surface area contributed by atoms with E-state index in [2.05, 4.69) is 0 Å². The van der Waals surface area contributed by atoms with Gasteiger partial charge in [-0.05, 0) is 49.7 Å². The zero-order valence-electron chi connectivity index (χ0n) is 18.0. The quantitative estimate of drug-likeness (QED) is 0.518. The summed E-state index contributed by atoms with van der Waals surface area (Å²) in [5, 5.41) is 3.06. The van der Waals surface area contributed by atoms with Crippen LogP contribution in [0, 0.1) is 6.92 Å². The molecule has 0 N–H and O–H groups in total. The number of aryl methyl sites for hydroxylation is 1. The van der Waals surface area contributed by atoms with Crippen molar-refractivity contribution in [3.8, 4) is 22.8 Å². The molecule has 1 atom stereocenters. The number of methoxy groups -OCH3 is 1. The summed E-state index contributed by atoms with van der Waals surface area (Å²) in [6.07, 6.45) is 0.255. The summed E-state index contributed by atoms with van der Waals surface area (Å²) >= 11 is 1.61. The minimum absolute atomic E-state index is 0.0726. The highest BCUT2D eigenvalue weighted by molar-refractivity contribution is 7.09. The SMILES string of the molecule is COCCc1nc(-c2ccc3c(c2)N(CCOc2cccc(C)c2)C(=O)C(C)O3)cs1. The lowest BCUT2D eigenvalue weighted by Crippen LogP contribution is -2.46. The molecule has 1 aromatic heterocycles. The van der Waals surface area contributed by atoms with Crippen LogP contribution in [0.5, 0.6) is 11.5 Å². The van der Waals surface area contributed by atoms with Gasteiger partial charge < -0.3 is 19.1 Å². The van der Waals surface area contributed by atoms with Crippen molar-refractivity contribution in [2.75, 3.05) is 31.8 Å². The first-order valence-electron chi connectivity index (χ1n) is 10.3. The number of amides is 1. The zero-order chi connectivity index (χ0) is 21.8. The van der Waals surface area contributed by atoms with Crippen LogP contribution in [0.2, 0.25) is 0 Å². The lowest BCUT2D eigenvalue weighted by Gasteiger charge is -2.33. The number of hydrogen-bond acceptors (Lipinski definition) is 6. The van der Waals surface area contributed by atoms with Gasteiger partial charge in [-0.15, -0.1) is 11.3 Å². The third-order valence-corrected chi connectivity index (χ3v) is 6.02. The van der Waals surface area contributed by atoms with Gasteiger partial charge >= 0.3 is 0 Å². The predicted molar refractivity (Wildman–Crippen MR) is 122 cm³/mol. The predicted octanol–water partition coefficient (Wildman–Crippen LogP) is 4.50. The molecule has 0 bridgehead atoms. The van der Waals surface area contributed by atoms with Crippen LogP contribution < -0.4 is 14.4 Å². The fraction of sp³-hybridized carbons (Fsp3) is 0.333.